The van der Waals surface area contributed by atoms with Crippen molar-refractivity contribution in [3.05, 3.63) is 12.2 Å². The molecule has 0 aromatic carbocycles. The smallest absolute Gasteiger partial charge is 0.215 e. The molecule has 1 aliphatic rings. The van der Waals surface area contributed by atoms with Gasteiger partial charge in [0.05, 0.1) is 4.08 Å². The van der Waals surface area contributed by atoms with Gasteiger partial charge in [-0.25, -0.2) is 0 Å². The Bertz CT molecular complexity index is 217. The van der Waals surface area contributed by atoms with Gasteiger partial charge in [-0.2, -0.15) is 0 Å². The summed E-state index contributed by atoms with van der Waals surface area (Å²) in [5.74, 6) is 1.19. The third-order valence-electron chi connectivity index (χ3n) is 2.09. The van der Waals surface area contributed by atoms with Crippen LogP contribution in [0.3, 0.4) is 0 Å². The average Bonchev–Trinajstić information content (AvgIpc) is 2.04. The molecular formula is C10H16OS2. The molecule has 0 aromatic rings. The first-order valence-corrected chi connectivity index (χ1v) is 6.36. The highest BCUT2D eigenvalue weighted by Crippen LogP contribution is 2.45. The Morgan fingerprint density at radius 1 is 1.54 bits per heavy atom. The van der Waals surface area contributed by atoms with Crippen LogP contribution in [-0.2, 0) is 4.79 Å². The van der Waals surface area contributed by atoms with Gasteiger partial charge in [-0.1, -0.05) is 24.8 Å². The summed E-state index contributed by atoms with van der Waals surface area (Å²) in [5, 5.41) is 0.150. The van der Waals surface area contributed by atoms with Gasteiger partial charge in [0.1, 0.15) is 0 Å². The number of hydrogen-bond acceptors (Lipinski definition) is 3. The molecule has 74 valence electrons. The van der Waals surface area contributed by atoms with Gasteiger partial charge in [0, 0.05) is 0 Å². The number of carbonyl (C=O) groups excluding carboxylic acids is 1. The zero-order chi connectivity index (χ0) is 9.90. The van der Waals surface area contributed by atoms with Crippen LogP contribution in [0.25, 0.3) is 0 Å². The van der Waals surface area contributed by atoms with Crippen LogP contribution in [0.1, 0.15) is 33.1 Å². The van der Waals surface area contributed by atoms with Crippen molar-refractivity contribution >= 4 is 28.6 Å². The van der Waals surface area contributed by atoms with Crippen LogP contribution in [0, 0.1) is 0 Å². The molecule has 1 atom stereocenters. The third-order valence-corrected chi connectivity index (χ3v) is 5.17. The van der Waals surface area contributed by atoms with E-state index in [1.807, 2.05) is 11.8 Å². The fraction of sp³-hybridized carbons (Fsp3) is 0.700. The zero-order valence-electron chi connectivity index (χ0n) is 8.26. The summed E-state index contributed by atoms with van der Waals surface area (Å²) in [6, 6.07) is 0. The molecule has 0 aromatic heterocycles. The van der Waals surface area contributed by atoms with Crippen LogP contribution in [0.2, 0.25) is 0 Å². The molecule has 1 fully saturated rings. The molecule has 3 heteroatoms. The van der Waals surface area contributed by atoms with Gasteiger partial charge in [-0.05, 0) is 38.0 Å². The van der Waals surface area contributed by atoms with E-state index in [-0.39, 0.29) is 9.19 Å². The van der Waals surface area contributed by atoms with Gasteiger partial charge < -0.3 is 0 Å². The molecular weight excluding hydrogens is 200 g/mol. The highest BCUT2D eigenvalue weighted by Gasteiger charge is 2.30. The fourth-order valence-electron chi connectivity index (χ4n) is 1.27. The van der Waals surface area contributed by atoms with E-state index in [2.05, 4.69) is 13.5 Å². The van der Waals surface area contributed by atoms with Gasteiger partial charge in [-0.15, -0.1) is 11.8 Å². The van der Waals surface area contributed by atoms with E-state index in [1.165, 1.54) is 30.4 Å². The highest BCUT2D eigenvalue weighted by molar-refractivity contribution is 8.26. The molecule has 0 aliphatic carbocycles. The lowest BCUT2D eigenvalue weighted by Crippen LogP contribution is -2.22. The molecule has 0 amide bonds. The Morgan fingerprint density at radius 3 is 2.69 bits per heavy atom. The minimum Gasteiger partial charge on any atom is -0.282 e. The first kappa shape index (κ1) is 11.2. The molecule has 0 saturated carbocycles. The Morgan fingerprint density at radius 2 is 2.23 bits per heavy atom. The first-order valence-electron chi connectivity index (χ1n) is 4.56. The standard InChI is InChI=1S/C10H16OS2/c1-8(2)9(11)13-10(3)6-4-5-7-12-10/h1,4-7H2,2-3H3. The van der Waals surface area contributed by atoms with Crippen LogP contribution in [0.4, 0.5) is 0 Å². The summed E-state index contributed by atoms with van der Waals surface area (Å²) in [5.41, 5.74) is 0.664. The average molecular weight is 216 g/mol. The number of rotatable bonds is 2. The van der Waals surface area contributed by atoms with E-state index in [0.717, 1.165) is 6.42 Å². The minimum atomic E-state index is 0.105. The third kappa shape index (κ3) is 3.39. The number of hydrogen-bond donors (Lipinski definition) is 0. The minimum absolute atomic E-state index is 0.105. The second kappa shape index (κ2) is 4.56. The maximum atomic E-state index is 11.5. The first-order chi connectivity index (χ1) is 6.03. The van der Waals surface area contributed by atoms with E-state index in [1.54, 1.807) is 6.92 Å². The summed E-state index contributed by atoms with van der Waals surface area (Å²) < 4.78 is 0.105. The summed E-state index contributed by atoms with van der Waals surface area (Å²) in [7, 11) is 0. The van der Waals surface area contributed by atoms with Crippen molar-refractivity contribution in [3.8, 4) is 0 Å². The molecule has 0 N–H and O–H groups in total. The van der Waals surface area contributed by atoms with Crippen molar-refractivity contribution in [3.63, 3.8) is 0 Å². The SMILES string of the molecule is C=C(C)C(=O)SC1(C)CCCCS1. The van der Waals surface area contributed by atoms with Gasteiger partial charge in [-0.3, -0.25) is 4.79 Å². The largest absolute Gasteiger partial charge is 0.282 e. The lowest BCUT2D eigenvalue weighted by atomic mass is 10.2. The lowest BCUT2D eigenvalue weighted by molar-refractivity contribution is -0.107. The van der Waals surface area contributed by atoms with Crippen LogP contribution in [-0.4, -0.2) is 14.9 Å². The topological polar surface area (TPSA) is 17.1 Å². The van der Waals surface area contributed by atoms with E-state index in [4.69, 9.17) is 0 Å². The molecule has 13 heavy (non-hydrogen) atoms. The molecule has 1 unspecified atom stereocenters. The lowest BCUT2D eigenvalue weighted by Gasteiger charge is -2.31. The number of thioether (sulfide) groups is 2. The van der Waals surface area contributed by atoms with Gasteiger partial charge in [0.2, 0.25) is 5.12 Å². The fourth-order valence-corrected chi connectivity index (χ4v) is 3.87. The van der Waals surface area contributed by atoms with Crippen molar-refractivity contribution < 1.29 is 4.79 Å². The molecule has 1 aliphatic heterocycles. The van der Waals surface area contributed by atoms with Gasteiger partial charge in [0.15, 0.2) is 0 Å². The quantitative estimate of drug-likeness (QED) is 0.658. The Labute approximate surface area is 88.7 Å². The van der Waals surface area contributed by atoms with Crippen molar-refractivity contribution in [2.75, 3.05) is 5.75 Å². The van der Waals surface area contributed by atoms with Crippen LogP contribution < -0.4 is 0 Å². The molecule has 0 spiro atoms. The van der Waals surface area contributed by atoms with E-state index < -0.39 is 0 Å². The maximum absolute atomic E-state index is 11.5. The van der Waals surface area contributed by atoms with E-state index in [9.17, 15) is 4.79 Å². The summed E-state index contributed by atoms with van der Waals surface area (Å²) in [4.78, 5) is 11.5. The molecule has 1 heterocycles. The van der Waals surface area contributed by atoms with Crippen molar-refractivity contribution in [2.24, 2.45) is 0 Å². The molecule has 1 rings (SSSR count). The monoisotopic (exact) mass is 216 g/mol. The Hall–Kier alpha value is 0.110. The van der Waals surface area contributed by atoms with Crippen LogP contribution in [0.5, 0.6) is 0 Å². The summed E-state index contributed by atoms with van der Waals surface area (Å²) >= 11 is 3.37. The second-order valence-electron chi connectivity index (χ2n) is 3.61. The van der Waals surface area contributed by atoms with Crippen LogP contribution >= 0.6 is 23.5 Å². The van der Waals surface area contributed by atoms with E-state index in [0.29, 0.717) is 5.57 Å². The van der Waals surface area contributed by atoms with Gasteiger partial charge >= 0.3 is 0 Å². The van der Waals surface area contributed by atoms with Gasteiger partial charge in [0.25, 0.3) is 0 Å². The zero-order valence-corrected chi connectivity index (χ0v) is 9.89. The Balaban J connectivity index is 2.50. The van der Waals surface area contributed by atoms with Crippen molar-refractivity contribution in [1.29, 1.82) is 0 Å². The number of carbonyl (C=O) groups is 1. The summed E-state index contributed by atoms with van der Waals surface area (Å²) in [6.45, 7) is 7.62. The molecule has 0 bridgehead atoms. The highest BCUT2D eigenvalue weighted by atomic mass is 32.2. The summed E-state index contributed by atoms with van der Waals surface area (Å²) in [6.07, 6.45) is 3.68. The molecule has 1 nitrogen and oxygen atoms in total. The van der Waals surface area contributed by atoms with Crippen molar-refractivity contribution in [2.45, 2.75) is 37.2 Å². The predicted octanol–water partition coefficient (Wildman–Crippen LogP) is 3.46. The Kier molecular flexibility index (Phi) is 3.92. The van der Waals surface area contributed by atoms with E-state index >= 15 is 0 Å². The predicted molar refractivity (Wildman–Crippen MR) is 62.1 cm³/mol. The van der Waals surface area contributed by atoms with Crippen LogP contribution in [0.15, 0.2) is 12.2 Å². The van der Waals surface area contributed by atoms with Crippen molar-refractivity contribution in [1.82, 2.24) is 0 Å². The maximum Gasteiger partial charge on any atom is 0.215 e. The second-order valence-corrected chi connectivity index (χ2v) is 6.94. The molecule has 0 radical (unpaired) electrons. The normalized spacial score (nSPS) is 28.5. The molecule has 1 saturated heterocycles.